The van der Waals surface area contributed by atoms with Gasteiger partial charge in [0.25, 0.3) is 0 Å². The van der Waals surface area contributed by atoms with Crippen LogP contribution in [0.1, 0.15) is 50.5 Å². The predicted octanol–water partition coefficient (Wildman–Crippen LogP) is 4.89. The molecule has 24 heavy (non-hydrogen) atoms. The Balaban J connectivity index is 0.00000208. The molecule has 2 aromatic rings. The van der Waals surface area contributed by atoms with Gasteiger partial charge < -0.3 is 10.1 Å². The summed E-state index contributed by atoms with van der Waals surface area (Å²) in [7, 11) is 0. The van der Waals surface area contributed by atoms with Crippen molar-refractivity contribution in [1.29, 1.82) is 0 Å². The standard InChI is InChI=1S/C19H25N3O.ClH/c1-2-4-9-17(10-5-3-1)22-15-16-8-6-11-18(14-16)23-19-20-12-7-13-21-19;/h6-8,11-14,17,22H,1-5,9-10,15H2;1H. The molecule has 1 heterocycles. The van der Waals surface area contributed by atoms with E-state index < -0.39 is 0 Å². The first-order chi connectivity index (χ1) is 11.4. The van der Waals surface area contributed by atoms with Gasteiger partial charge in [-0.15, -0.1) is 12.4 Å². The van der Waals surface area contributed by atoms with E-state index in [1.54, 1.807) is 18.5 Å². The Morgan fingerprint density at radius 3 is 2.42 bits per heavy atom. The summed E-state index contributed by atoms with van der Waals surface area (Å²) in [4.78, 5) is 8.19. The molecule has 130 valence electrons. The topological polar surface area (TPSA) is 47.0 Å². The van der Waals surface area contributed by atoms with Crippen molar-refractivity contribution < 1.29 is 4.74 Å². The summed E-state index contributed by atoms with van der Waals surface area (Å²) >= 11 is 0. The van der Waals surface area contributed by atoms with Gasteiger partial charge in [-0.3, -0.25) is 0 Å². The van der Waals surface area contributed by atoms with Gasteiger partial charge in [-0.1, -0.05) is 44.2 Å². The van der Waals surface area contributed by atoms with E-state index in [0.717, 1.165) is 12.3 Å². The van der Waals surface area contributed by atoms with Gasteiger partial charge >= 0.3 is 6.01 Å². The lowest BCUT2D eigenvalue weighted by atomic mass is 9.96. The van der Waals surface area contributed by atoms with Crippen LogP contribution in [0.25, 0.3) is 0 Å². The third kappa shape index (κ3) is 6.10. The van der Waals surface area contributed by atoms with Gasteiger partial charge in [0.15, 0.2) is 0 Å². The van der Waals surface area contributed by atoms with Crippen molar-refractivity contribution in [3.8, 4) is 11.8 Å². The van der Waals surface area contributed by atoms with Crippen molar-refractivity contribution in [3.05, 3.63) is 48.3 Å². The molecule has 1 aromatic heterocycles. The molecule has 1 aromatic carbocycles. The summed E-state index contributed by atoms with van der Waals surface area (Å²) in [6.45, 7) is 0.886. The highest BCUT2D eigenvalue weighted by Gasteiger charge is 2.10. The second-order valence-corrected chi connectivity index (χ2v) is 6.20. The number of nitrogens with one attached hydrogen (secondary N) is 1. The van der Waals surface area contributed by atoms with Gasteiger partial charge in [-0.25, -0.2) is 9.97 Å². The third-order valence-corrected chi connectivity index (χ3v) is 4.35. The Labute approximate surface area is 150 Å². The van der Waals surface area contributed by atoms with Crippen LogP contribution in [-0.4, -0.2) is 16.0 Å². The minimum Gasteiger partial charge on any atom is -0.424 e. The number of nitrogens with zero attached hydrogens (tertiary/aromatic N) is 2. The maximum absolute atomic E-state index is 5.70. The van der Waals surface area contributed by atoms with Crippen LogP contribution in [0.4, 0.5) is 0 Å². The number of hydrogen-bond acceptors (Lipinski definition) is 4. The predicted molar refractivity (Wildman–Crippen MR) is 98.7 cm³/mol. The fourth-order valence-corrected chi connectivity index (χ4v) is 3.08. The van der Waals surface area contributed by atoms with Gasteiger partial charge in [0.05, 0.1) is 0 Å². The van der Waals surface area contributed by atoms with Gasteiger partial charge in [0, 0.05) is 25.0 Å². The van der Waals surface area contributed by atoms with E-state index in [0.29, 0.717) is 12.1 Å². The molecule has 1 N–H and O–H groups in total. The van der Waals surface area contributed by atoms with E-state index in [9.17, 15) is 0 Å². The lowest BCUT2D eigenvalue weighted by molar-refractivity contribution is 0.388. The molecule has 1 aliphatic carbocycles. The van der Waals surface area contributed by atoms with E-state index in [1.165, 1.54) is 50.5 Å². The minimum absolute atomic E-state index is 0. The second-order valence-electron chi connectivity index (χ2n) is 6.20. The molecule has 0 atom stereocenters. The highest BCUT2D eigenvalue weighted by Crippen LogP contribution is 2.20. The maximum Gasteiger partial charge on any atom is 0.321 e. The molecule has 0 radical (unpaired) electrons. The maximum atomic E-state index is 5.70. The van der Waals surface area contributed by atoms with Crippen LogP contribution in [0.5, 0.6) is 11.8 Å². The third-order valence-electron chi connectivity index (χ3n) is 4.35. The first-order valence-corrected chi connectivity index (χ1v) is 8.67. The van der Waals surface area contributed by atoms with Gasteiger partial charge in [0.2, 0.25) is 0 Å². The van der Waals surface area contributed by atoms with E-state index in [1.807, 2.05) is 12.1 Å². The lowest BCUT2D eigenvalue weighted by Gasteiger charge is -2.21. The summed E-state index contributed by atoms with van der Waals surface area (Å²) in [5.41, 5.74) is 1.24. The summed E-state index contributed by atoms with van der Waals surface area (Å²) in [6, 6.07) is 11.0. The SMILES string of the molecule is Cl.c1cnc(Oc2cccc(CNC3CCCCCCC3)c2)nc1. The Kier molecular flexibility index (Phi) is 7.99. The normalized spacial score (nSPS) is 15.8. The number of aromatic nitrogens is 2. The molecule has 0 spiro atoms. The Morgan fingerprint density at radius 1 is 0.958 bits per heavy atom. The average molecular weight is 348 g/mol. The summed E-state index contributed by atoms with van der Waals surface area (Å²) < 4.78 is 5.70. The zero-order valence-corrected chi connectivity index (χ0v) is 14.8. The largest absolute Gasteiger partial charge is 0.424 e. The summed E-state index contributed by atoms with van der Waals surface area (Å²) in [5.74, 6) is 0.785. The Morgan fingerprint density at radius 2 is 1.67 bits per heavy atom. The first kappa shape index (κ1) is 18.7. The number of benzene rings is 1. The summed E-state index contributed by atoms with van der Waals surface area (Å²) in [5, 5.41) is 3.71. The van der Waals surface area contributed by atoms with Crippen LogP contribution in [0.2, 0.25) is 0 Å². The lowest BCUT2D eigenvalue weighted by Crippen LogP contribution is -2.29. The van der Waals surface area contributed by atoms with Crippen LogP contribution in [0.15, 0.2) is 42.7 Å². The van der Waals surface area contributed by atoms with E-state index in [2.05, 4.69) is 27.4 Å². The fraction of sp³-hybridized carbons (Fsp3) is 0.474. The highest BCUT2D eigenvalue weighted by atomic mass is 35.5. The molecule has 0 aliphatic heterocycles. The van der Waals surface area contributed by atoms with E-state index >= 15 is 0 Å². The monoisotopic (exact) mass is 347 g/mol. The van der Waals surface area contributed by atoms with Crippen LogP contribution in [-0.2, 0) is 6.54 Å². The van der Waals surface area contributed by atoms with Crippen LogP contribution in [0.3, 0.4) is 0 Å². The van der Waals surface area contributed by atoms with Crippen molar-refractivity contribution in [3.63, 3.8) is 0 Å². The number of halogens is 1. The number of rotatable bonds is 5. The van der Waals surface area contributed by atoms with Crippen molar-refractivity contribution >= 4 is 12.4 Å². The van der Waals surface area contributed by atoms with Crippen molar-refractivity contribution in [2.75, 3.05) is 0 Å². The molecule has 1 fully saturated rings. The van der Waals surface area contributed by atoms with Crippen molar-refractivity contribution in [1.82, 2.24) is 15.3 Å². The average Bonchev–Trinajstić information content (AvgIpc) is 2.55. The minimum atomic E-state index is 0. The molecule has 0 saturated heterocycles. The smallest absolute Gasteiger partial charge is 0.321 e. The number of ether oxygens (including phenoxy) is 1. The Bertz CT molecular complexity index is 586. The van der Waals surface area contributed by atoms with Crippen LogP contribution >= 0.6 is 12.4 Å². The number of hydrogen-bond donors (Lipinski definition) is 1. The first-order valence-electron chi connectivity index (χ1n) is 8.67. The molecule has 1 aliphatic rings. The van der Waals surface area contributed by atoms with E-state index in [4.69, 9.17) is 4.74 Å². The van der Waals surface area contributed by atoms with Crippen LogP contribution in [0, 0.1) is 0 Å². The molecule has 4 nitrogen and oxygen atoms in total. The molecular formula is C19H26ClN3O. The van der Waals surface area contributed by atoms with Crippen molar-refractivity contribution in [2.45, 2.75) is 57.5 Å². The van der Waals surface area contributed by atoms with Crippen LogP contribution < -0.4 is 10.1 Å². The molecular weight excluding hydrogens is 322 g/mol. The highest BCUT2D eigenvalue weighted by molar-refractivity contribution is 5.85. The zero-order valence-electron chi connectivity index (χ0n) is 14.0. The van der Waals surface area contributed by atoms with Gasteiger partial charge in [-0.05, 0) is 36.6 Å². The zero-order chi connectivity index (χ0) is 15.7. The molecule has 1 saturated carbocycles. The van der Waals surface area contributed by atoms with Gasteiger partial charge in [0.1, 0.15) is 5.75 Å². The molecule has 5 heteroatoms. The Hall–Kier alpha value is -1.65. The second kappa shape index (κ2) is 10.3. The van der Waals surface area contributed by atoms with Crippen molar-refractivity contribution in [2.24, 2.45) is 0 Å². The molecule has 0 unspecified atom stereocenters. The van der Waals surface area contributed by atoms with Gasteiger partial charge in [-0.2, -0.15) is 0 Å². The molecule has 3 rings (SSSR count). The quantitative estimate of drug-likeness (QED) is 0.836. The molecule has 0 bridgehead atoms. The fourth-order valence-electron chi connectivity index (χ4n) is 3.08. The molecule has 0 amide bonds. The van der Waals surface area contributed by atoms with E-state index in [-0.39, 0.29) is 12.4 Å². The summed E-state index contributed by atoms with van der Waals surface area (Å²) in [6.07, 6.45) is 12.9.